The zero-order chi connectivity index (χ0) is 9.41. The molecular formula is C9H17IO2. The van der Waals surface area contributed by atoms with Gasteiger partial charge >= 0.3 is 0 Å². The summed E-state index contributed by atoms with van der Waals surface area (Å²) in [6.07, 6.45) is 1.50. The summed E-state index contributed by atoms with van der Waals surface area (Å²) in [5.74, 6) is 0. The molecule has 0 amide bonds. The highest BCUT2D eigenvalue weighted by Crippen LogP contribution is 2.36. The lowest BCUT2D eigenvalue weighted by Crippen LogP contribution is -2.53. The van der Waals surface area contributed by atoms with Crippen molar-refractivity contribution in [2.45, 2.75) is 50.9 Å². The summed E-state index contributed by atoms with van der Waals surface area (Å²) >= 11 is 2.27. The third kappa shape index (κ3) is 2.12. The third-order valence-electron chi connectivity index (χ3n) is 2.50. The number of rotatable bonds is 1. The van der Waals surface area contributed by atoms with Crippen molar-refractivity contribution < 1.29 is 9.84 Å². The minimum Gasteiger partial charge on any atom is -0.390 e. The maximum atomic E-state index is 9.73. The van der Waals surface area contributed by atoms with E-state index in [9.17, 15) is 5.11 Å². The molecule has 0 unspecified atom stereocenters. The Morgan fingerprint density at radius 3 is 2.50 bits per heavy atom. The molecular weight excluding hydrogens is 267 g/mol. The second kappa shape index (κ2) is 3.42. The fraction of sp³-hybridized carbons (Fsp3) is 1.00. The Morgan fingerprint density at radius 1 is 1.50 bits per heavy atom. The zero-order valence-corrected chi connectivity index (χ0v) is 10.1. The molecule has 1 rings (SSSR count). The van der Waals surface area contributed by atoms with Crippen molar-refractivity contribution in [3.05, 3.63) is 0 Å². The quantitative estimate of drug-likeness (QED) is 0.590. The average Bonchev–Trinajstić information content (AvgIpc) is 1.97. The summed E-state index contributed by atoms with van der Waals surface area (Å²) in [5.41, 5.74) is -0.415. The maximum absolute atomic E-state index is 9.73. The normalized spacial score (nSPS) is 41.2. The number of ether oxygens (including phenoxy) is 1. The molecule has 0 aliphatic carbocycles. The van der Waals surface area contributed by atoms with Gasteiger partial charge in [-0.3, -0.25) is 0 Å². The Labute approximate surface area is 87.8 Å². The van der Waals surface area contributed by atoms with Crippen molar-refractivity contribution in [2.75, 3.05) is 4.43 Å². The highest BCUT2D eigenvalue weighted by atomic mass is 127. The Balaban J connectivity index is 2.72. The van der Waals surface area contributed by atoms with Crippen LogP contribution in [0.1, 0.15) is 33.6 Å². The minimum absolute atomic E-state index is 0.0703. The van der Waals surface area contributed by atoms with Gasteiger partial charge in [0.05, 0.1) is 11.7 Å². The highest BCUT2D eigenvalue weighted by molar-refractivity contribution is 14.1. The van der Waals surface area contributed by atoms with Gasteiger partial charge in [-0.15, -0.1) is 0 Å². The molecule has 1 heterocycles. The molecule has 1 aliphatic heterocycles. The summed E-state index contributed by atoms with van der Waals surface area (Å²) in [4.78, 5) is 0. The summed E-state index contributed by atoms with van der Waals surface area (Å²) in [6.45, 7) is 6.16. The van der Waals surface area contributed by atoms with Gasteiger partial charge in [0, 0.05) is 4.43 Å². The molecule has 1 saturated heterocycles. The largest absolute Gasteiger partial charge is 0.390 e. The third-order valence-corrected chi connectivity index (χ3v) is 4.01. The van der Waals surface area contributed by atoms with Crippen LogP contribution in [0.3, 0.4) is 0 Å². The van der Waals surface area contributed by atoms with Gasteiger partial charge in [0.2, 0.25) is 0 Å². The second-order valence-corrected chi connectivity index (χ2v) is 5.13. The molecule has 1 fully saturated rings. The van der Waals surface area contributed by atoms with Crippen molar-refractivity contribution in [2.24, 2.45) is 0 Å². The molecule has 12 heavy (non-hydrogen) atoms. The van der Waals surface area contributed by atoms with E-state index in [-0.39, 0.29) is 17.3 Å². The second-order valence-electron chi connectivity index (χ2n) is 4.36. The minimum atomic E-state index is -0.345. The van der Waals surface area contributed by atoms with Gasteiger partial charge in [-0.05, 0) is 33.6 Å². The molecule has 72 valence electrons. The predicted octanol–water partition coefficient (Wildman–Crippen LogP) is 2.13. The van der Waals surface area contributed by atoms with Gasteiger partial charge in [-0.2, -0.15) is 0 Å². The number of halogens is 1. The highest BCUT2D eigenvalue weighted by Gasteiger charge is 2.42. The summed E-state index contributed by atoms with van der Waals surface area (Å²) in [7, 11) is 0. The molecule has 0 saturated carbocycles. The van der Waals surface area contributed by atoms with Gasteiger partial charge in [0.25, 0.3) is 0 Å². The summed E-state index contributed by atoms with van der Waals surface area (Å²) in [6, 6.07) is 0. The van der Waals surface area contributed by atoms with E-state index in [1.54, 1.807) is 0 Å². The molecule has 0 bridgehead atoms. The van der Waals surface area contributed by atoms with Crippen LogP contribution in [0.5, 0.6) is 0 Å². The van der Waals surface area contributed by atoms with E-state index < -0.39 is 0 Å². The van der Waals surface area contributed by atoms with E-state index in [4.69, 9.17) is 4.74 Å². The van der Waals surface area contributed by atoms with Crippen molar-refractivity contribution >= 4 is 22.6 Å². The fourth-order valence-electron chi connectivity index (χ4n) is 1.66. The number of hydrogen-bond donors (Lipinski definition) is 1. The lowest BCUT2D eigenvalue weighted by Gasteiger charge is -2.45. The van der Waals surface area contributed by atoms with Crippen LogP contribution in [0.25, 0.3) is 0 Å². The van der Waals surface area contributed by atoms with Crippen LogP contribution in [0.4, 0.5) is 0 Å². The Bertz CT molecular complexity index is 170. The van der Waals surface area contributed by atoms with Crippen molar-refractivity contribution in [3.8, 4) is 0 Å². The van der Waals surface area contributed by atoms with Crippen LogP contribution >= 0.6 is 22.6 Å². The van der Waals surface area contributed by atoms with E-state index in [2.05, 4.69) is 36.4 Å². The zero-order valence-electron chi connectivity index (χ0n) is 7.93. The topological polar surface area (TPSA) is 29.5 Å². The van der Waals surface area contributed by atoms with Gasteiger partial charge in [-0.1, -0.05) is 22.6 Å². The standard InChI is InChI=1S/C9H17IO2/c1-8(2)5-4-7(11)9(3,6-10)12-8/h7,11H,4-6H2,1-3H3/t7-,9-/m0/s1. The first-order chi connectivity index (χ1) is 5.40. The Morgan fingerprint density at radius 2 is 2.08 bits per heavy atom. The van der Waals surface area contributed by atoms with Crippen LogP contribution in [-0.4, -0.2) is 26.8 Å². The predicted molar refractivity (Wildman–Crippen MR) is 57.7 cm³/mol. The van der Waals surface area contributed by atoms with E-state index in [1.807, 2.05) is 6.92 Å². The van der Waals surface area contributed by atoms with Gasteiger partial charge in [-0.25, -0.2) is 0 Å². The molecule has 0 spiro atoms. The molecule has 0 radical (unpaired) electrons. The van der Waals surface area contributed by atoms with Crippen LogP contribution in [0.15, 0.2) is 0 Å². The van der Waals surface area contributed by atoms with Gasteiger partial charge in [0.15, 0.2) is 0 Å². The van der Waals surface area contributed by atoms with E-state index in [0.29, 0.717) is 0 Å². The molecule has 2 atom stereocenters. The first-order valence-electron chi connectivity index (χ1n) is 4.34. The molecule has 0 aromatic rings. The van der Waals surface area contributed by atoms with Crippen LogP contribution in [-0.2, 0) is 4.74 Å². The van der Waals surface area contributed by atoms with Crippen LogP contribution in [0, 0.1) is 0 Å². The number of aliphatic hydroxyl groups excluding tert-OH is 1. The van der Waals surface area contributed by atoms with Gasteiger partial charge < -0.3 is 9.84 Å². The first-order valence-corrected chi connectivity index (χ1v) is 5.86. The molecule has 3 heteroatoms. The smallest absolute Gasteiger partial charge is 0.101 e. The number of alkyl halides is 1. The Kier molecular flexibility index (Phi) is 3.06. The summed E-state index contributed by atoms with van der Waals surface area (Å²) in [5, 5.41) is 9.73. The lowest BCUT2D eigenvalue weighted by molar-refractivity contribution is -0.203. The SMILES string of the molecule is CC1(C)CC[C@H](O)[C@](C)(CI)O1. The lowest BCUT2D eigenvalue weighted by atomic mass is 9.87. The first kappa shape index (κ1) is 10.7. The monoisotopic (exact) mass is 284 g/mol. The van der Waals surface area contributed by atoms with Crippen molar-refractivity contribution in [3.63, 3.8) is 0 Å². The van der Waals surface area contributed by atoms with Crippen molar-refractivity contribution in [1.29, 1.82) is 0 Å². The van der Waals surface area contributed by atoms with Gasteiger partial charge in [0.1, 0.15) is 5.60 Å². The number of aliphatic hydroxyl groups is 1. The van der Waals surface area contributed by atoms with Crippen LogP contribution < -0.4 is 0 Å². The van der Waals surface area contributed by atoms with E-state index in [0.717, 1.165) is 17.3 Å². The van der Waals surface area contributed by atoms with Crippen molar-refractivity contribution in [1.82, 2.24) is 0 Å². The summed E-state index contributed by atoms with van der Waals surface area (Å²) < 4.78 is 6.71. The molecule has 1 N–H and O–H groups in total. The van der Waals surface area contributed by atoms with E-state index in [1.165, 1.54) is 0 Å². The van der Waals surface area contributed by atoms with Crippen LogP contribution in [0.2, 0.25) is 0 Å². The van der Waals surface area contributed by atoms with E-state index >= 15 is 0 Å². The molecule has 2 nitrogen and oxygen atoms in total. The molecule has 1 aliphatic rings. The molecule has 0 aromatic heterocycles. The Hall–Kier alpha value is 0.650. The fourth-order valence-corrected chi connectivity index (χ4v) is 2.32. The maximum Gasteiger partial charge on any atom is 0.101 e. The average molecular weight is 284 g/mol. The number of hydrogen-bond acceptors (Lipinski definition) is 2. The molecule has 0 aromatic carbocycles.